The highest BCUT2D eigenvalue weighted by Gasteiger charge is 2.18. The molecule has 0 amide bonds. The van der Waals surface area contributed by atoms with Crippen LogP contribution in [0.4, 0.5) is 0 Å². The summed E-state index contributed by atoms with van der Waals surface area (Å²) in [4.78, 5) is 2.38. The summed E-state index contributed by atoms with van der Waals surface area (Å²) in [7, 11) is 4.28. The van der Waals surface area contributed by atoms with Crippen molar-refractivity contribution in [1.29, 1.82) is 0 Å². The van der Waals surface area contributed by atoms with Crippen molar-refractivity contribution >= 4 is 16.1 Å². The van der Waals surface area contributed by atoms with Crippen LogP contribution in [-0.4, -0.2) is 42.1 Å². The van der Waals surface area contributed by atoms with Gasteiger partial charge in [0.25, 0.3) is 0 Å². The second kappa shape index (κ2) is 3.69. The summed E-state index contributed by atoms with van der Waals surface area (Å²) in [5.74, 6) is 0. The second-order valence-corrected chi connectivity index (χ2v) is 4.18. The molecule has 0 atom stereocenters. The van der Waals surface area contributed by atoms with Crippen molar-refractivity contribution in [1.82, 2.24) is 8.83 Å². The second-order valence-electron chi connectivity index (χ2n) is 3.06. The van der Waals surface area contributed by atoms with Gasteiger partial charge in [-0.1, -0.05) is 0 Å². The molecule has 0 unspecified atom stereocenters. The number of piperidine rings is 1. The van der Waals surface area contributed by atoms with Crippen LogP contribution in [0.2, 0.25) is 0 Å². The molecule has 0 aromatic carbocycles. The molecule has 1 fully saturated rings. The highest BCUT2D eigenvalue weighted by atomic mass is 79.9. The third kappa shape index (κ3) is 2.22. The minimum Gasteiger partial charge on any atom is -0.306 e. The third-order valence-electron chi connectivity index (χ3n) is 2.19. The van der Waals surface area contributed by atoms with Gasteiger partial charge in [0.15, 0.2) is 0 Å². The van der Waals surface area contributed by atoms with Crippen LogP contribution in [0.5, 0.6) is 0 Å². The lowest BCUT2D eigenvalue weighted by atomic mass is 10.1. The van der Waals surface area contributed by atoms with Crippen LogP contribution in [0.1, 0.15) is 12.8 Å². The molecule has 0 aromatic heterocycles. The van der Waals surface area contributed by atoms with Crippen LogP contribution in [0.25, 0.3) is 0 Å². The van der Waals surface area contributed by atoms with Crippen molar-refractivity contribution in [3.05, 3.63) is 0 Å². The summed E-state index contributed by atoms with van der Waals surface area (Å²) < 4.78 is 2.15. The maximum absolute atomic E-state index is 3.47. The molecule has 0 bridgehead atoms. The largest absolute Gasteiger partial charge is 0.306 e. The minimum absolute atomic E-state index is 0.746. The Kier molecular flexibility index (Phi) is 3.14. The Hall–Kier alpha value is 0.400. The fraction of sp³-hybridized carbons (Fsp3) is 1.00. The third-order valence-corrected chi connectivity index (χ3v) is 2.77. The first kappa shape index (κ1) is 8.50. The maximum Gasteiger partial charge on any atom is 0.0226 e. The van der Waals surface area contributed by atoms with Gasteiger partial charge in [-0.25, -0.2) is 3.93 Å². The van der Waals surface area contributed by atoms with Crippen molar-refractivity contribution in [2.45, 2.75) is 18.9 Å². The van der Waals surface area contributed by atoms with Gasteiger partial charge in [0, 0.05) is 22.2 Å². The molecule has 1 rings (SSSR count). The van der Waals surface area contributed by atoms with E-state index >= 15 is 0 Å². The Balaban J connectivity index is 2.26. The zero-order valence-corrected chi connectivity index (χ0v) is 8.26. The van der Waals surface area contributed by atoms with Crippen LogP contribution in [0, 0.1) is 0 Å². The minimum atomic E-state index is 0.746. The molecule has 0 aromatic rings. The van der Waals surface area contributed by atoms with Crippen molar-refractivity contribution in [3.63, 3.8) is 0 Å². The topological polar surface area (TPSA) is 6.48 Å². The first-order valence-corrected chi connectivity index (χ1v) is 4.48. The van der Waals surface area contributed by atoms with Crippen LogP contribution < -0.4 is 0 Å². The molecule has 0 saturated carbocycles. The van der Waals surface area contributed by atoms with Gasteiger partial charge >= 0.3 is 0 Å². The van der Waals surface area contributed by atoms with Crippen LogP contribution in [0.15, 0.2) is 0 Å². The first-order chi connectivity index (χ1) is 4.70. The van der Waals surface area contributed by atoms with E-state index < -0.39 is 0 Å². The molecule has 0 N–H and O–H groups in total. The Bertz CT molecular complexity index is 97.8. The fourth-order valence-corrected chi connectivity index (χ4v) is 1.76. The van der Waals surface area contributed by atoms with Crippen molar-refractivity contribution in [3.8, 4) is 0 Å². The Morgan fingerprint density at radius 3 is 2.30 bits per heavy atom. The lowest BCUT2D eigenvalue weighted by molar-refractivity contribution is 0.208. The van der Waals surface area contributed by atoms with Gasteiger partial charge < -0.3 is 4.90 Å². The quantitative estimate of drug-likeness (QED) is 0.598. The SMILES string of the molecule is CN1CCC(N(C)Br)CC1. The molecule has 10 heavy (non-hydrogen) atoms. The van der Waals surface area contributed by atoms with Gasteiger partial charge in [0.2, 0.25) is 0 Å². The van der Waals surface area contributed by atoms with Crippen molar-refractivity contribution in [2.75, 3.05) is 27.2 Å². The zero-order valence-electron chi connectivity index (χ0n) is 6.68. The molecular formula is C7H15BrN2. The molecule has 0 radical (unpaired) electrons. The van der Waals surface area contributed by atoms with E-state index in [4.69, 9.17) is 0 Å². The van der Waals surface area contributed by atoms with Crippen LogP contribution >= 0.6 is 16.1 Å². The molecule has 1 saturated heterocycles. The molecule has 0 spiro atoms. The van der Waals surface area contributed by atoms with E-state index in [9.17, 15) is 0 Å². The number of rotatable bonds is 1. The molecule has 60 valence electrons. The Labute approximate surface area is 71.5 Å². The number of hydrogen-bond donors (Lipinski definition) is 0. The monoisotopic (exact) mass is 206 g/mol. The van der Waals surface area contributed by atoms with Crippen molar-refractivity contribution < 1.29 is 0 Å². The van der Waals surface area contributed by atoms with E-state index in [-0.39, 0.29) is 0 Å². The number of nitrogens with zero attached hydrogens (tertiary/aromatic N) is 2. The maximum atomic E-state index is 3.47. The van der Waals surface area contributed by atoms with Gasteiger partial charge in [-0.05, 0) is 40.0 Å². The molecule has 3 heteroatoms. The van der Waals surface area contributed by atoms with E-state index in [0.717, 1.165) is 6.04 Å². The van der Waals surface area contributed by atoms with Gasteiger partial charge in [0.1, 0.15) is 0 Å². The van der Waals surface area contributed by atoms with Crippen LogP contribution in [-0.2, 0) is 0 Å². The summed E-state index contributed by atoms with van der Waals surface area (Å²) >= 11 is 3.47. The van der Waals surface area contributed by atoms with E-state index in [1.165, 1.54) is 25.9 Å². The number of hydrogen-bond acceptors (Lipinski definition) is 2. The molecule has 2 nitrogen and oxygen atoms in total. The van der Waals surface area contributed by atoms with E-state index in [1.807, 2.05) is 0 Å². The van der Waals surface area contributed by atoms with Crippen LogP contribution in [0.3, 0.4) is 0 Å². The summed E-state index contributed by atoms with van der Waals surface area (Å²) in [6.45, 7) is 2.47. The predicted molar refractivity (Wildman–Crippen MR) is 47.2 cm³/mol. The normalized spacial score (nSPS) is 24.0. The number of halogens is 1. The van der Waals surface area contributed by atoms with E-state index in [1.54, 1.807) is 0 Å². The number of likely N-dealkylation sites (tertiary alicyclic amines) is 1. The van der Waals surface area contributed by atoms with Gasteiger partial charge in [0.05, 0.1) is 0 Å². The lowest BCUT2D eigenvalue weighted by Crippen LogP contribution is -2.38. The average Bonchev–Trinajstić information content (AvgIpc) is 1.88. The molecule has 1 aliphatic rings. The van der Waals surface area contributed by atoms with E-state index in [0.29, 0.717) is 0 Å². The molecular weight excluding hydrogens is 192 g/mol. The Morgan fingerprint density at radius 1 is 1.40 bits per heavy atom. The average molecular weight is 207 g/mol. The van der Waals surface area contributed by atoms with E-state index in [2.05, 4.69) is 39.1 Å². The molecule has 1 heterocycles. The van der Waals surface area contributed by atoms with Gasteiger partial charge in [-0.2, -0.15) is 0 Å². The lowest BCUT2D eigenvalue weighted by Gasteiger charge is -2.31. The molecule has 1 aliphatic heterocycles. The summed E-state index contributed by atoms with van der Waals surface area (Å²) in [5, 5.41) is 0. The van der Waals surface area contributed by atoms with Gasteiger partial charge in [-0.15, -0.1) is 0 Å². The Morgan fingerprint density at radius 2 is 1.90 bits per heavy atom. The zero-order chi connectivity index (χ0) is 7.56. The summed E-state index contributed by atoms with van der Waals surface area (Å²) in [6.07, 6.45) is 2.58. The standard InChI is InChI=1S/C7H15BrN2/c1-9-5-3-7(4-6-9)10(2)8/h7H,3-6H2,1-2H3. The fourth-order valence-electron chi connectivity index (χ4n) is 1.35. The predicted octanol–water partition coefficient (Wildman–Crippen LogP) is 1.32. The smallest absolute Gasteiger partial charge is 0.0226 e. The van der Waals surface area contributed by atoms with Gasteiger partial charge in [-0.3, -0.25) is 0 Å². The summed E-state index contributed by atoms with van der Waals surface area (Å²) in [5.41, 5.74) is 0. The molecule has 0 aliphatic carbocycles. The summed E-state index contributed by atoms with van der Waals surface area (Å²) in [6, 6.07) is 0.746. The highest BCUT2D eigenvalue weighted by molar-refractivity contribution is 9.07. The highest BCUT2D eigenvalue weighted by Crippen LogP contribution is 2.15. The van der Waals surface area contributed by atoms with Crippen molar-refractivity contribution in [2.24, 2.45) is 0 Å². The first-order valence-electron chi connectivity index (χ1n) is 3.77.